The molecular weight excluding hydrogens is 382 g/mol. The largest absolute Gasteiger partial charge is 0.325 e. The highest BCUT2D eigenvalue weighted by Gasteiger charge is 2.10. The molecular formula is C16H14F2N4O2S2. The van der Waals surface area contributed by atoms with Gasteiger partial charge in [-0.15, -0.1) is 11.8 Å². The molecule has 0 saturated carbocycles. The zero-order valence-corrected chi connectivity index (χ0v) is 15.3. The molecule has 1 N–H and O–H groups in total. The molecule has 0 atom stereocenters. The molecule has 0 saturated heterocycles. The number of nitrogens with one attached hydrogen (secondary N) is 1. The summed E-state index contributed by atoms with van der Waals surface area (Å²) in [5, 5.41) is 7.48. The number of hydrogen-bond donors (Lipinski definition) is 1. The van der Waals surface area contributed by atoms with Crippen LogP contribution in [-0.2, 0) is 17.0 Å². The van der Waals surface area contributed by atoms with E-state index in [4.69, 9.17) is 0 Å². The standard InChI is InChI=1S/C16H14F2N4O2S2/c1-2-14-21-22-15(24)6-10(20-16(22)26-14)7-25-8-13(23)19-9-3-4-11(17)12(18)5-9/h3-6H,2,7-8H2,1H3,(H,19,23). The Bertz CT molecular complexity index is 1020. The fourth-order valence-electron chi connectivity index (χ4n) is 2.13. The number of amides is 1. The van der Waals surface area contributed by atoms with Crippen LogP contribution in [0, 0.1) is 11.6 Å². The average molecular weight is 396 g/mol. The SMILES string of the molecule is CCc1nn2c(=O)cc(CSCC(=O)Nc3ccc(F)c(F)c3)nc2s1. The fraction of sp³-hybridized carbons (Fsp3) is 0.250. The topological polar surface area (TPSA) is 76.4 Å². The first-order chi connectivity index (χ1) is 12.5. The van der Waals surface area contributed by atoms with E-state index >= 15 is 0 Å². The Hall–Kier alpha value is -2.33. The van der Waals surface area contributed by atoms with Crippen molar-refractivity contribution in [3.05, 3.63) is 57.0 Å². The minimum Gasteiger partial charge on any atom is -0.325 e. The molecule has 136 valence electrons. The summed E-state index contributed by atoms with van der Waals surface area (Å²) in [6.45, 7) is 1.95. The maximum absolute atomic E-state index is 13.1. The Labute approximate surface area is 155 Å². The molecule has 0 aliphatic heterocycles. The molecule has 0 unspecified atom stereocenters. The van der Waals surface area contributed by atoms with Gasteiger partial charge in [-0.25, -0.2) is 13.8 Å². The molecule has 3 rings (SSSR count). The number of aromatic nitrogens is 3. The van der Waals surface area contributed by atoms with Gasteiger partial charge in [-0.2, -0.15) is 9.61 Å². The number of anilines is 1. The van der Waals surface area contributed by atoms with Gasteiger partial charge >= 0.3 is 0 Å². The van der Waals surface area contributed by atoms with Crippen LogP contribution in [0.1, 0.15) is 17.6 Å². The van der Waals surface area contributed by atoms with Gasteiger partial charge in [0, 0.05) is 23.6 Å². The van der Waals surface area contributed by atoms with Gasteiger partial charge in [-0.1, -0.05) is 18.3 Å². The van der Waals surface area contributed by atoms with E-state index in [0.29, 0.717) is 16.4 Å². The van der Waals surface area contributed by atoms with Crippen molar-refractivity contribution in [3.8, 4) is 0 Å². The van der Waals surface area contributed by atoms with Crippen LogP contribution >= 0.6 is 23.1 Å². The zero-order chi connectivity index (χ0) is 18.7. The summed E-state index contributed by atoms with van der Waals surface area (Å²) in [6, 6.07) is 4.55. The van der Waals surface area contributed by atoms with Gasteiger partial charge < -0.3 is 5.32 Å². The first kappa shape index (κ1) is 18.5. The van der Waals surface area contributed by atoms with Crippen molar-refractivity contribution in [1.82, 2.24) is 14.6 Å². The normalized spacial score (nSPS) is 11.0. The summed E-state index contributed by atoms with van der Waals surface area (Å²) in [7, 11) is 0. The van der Waals surface area contributed by atoms with Gasteiger partial charge in [0.15, 0.2) is 11.6 Å². The van der Waals surface area contributed by atoms with E-state index in [1.165, 1.54) is 39.7 Å². The third kappa shape index (κ3) is 4.25. The van der Waals surface area contributed by atoms with Crippen molar-refractivity contribution in [3.63, 3.8) is 0 Å². The Morgan fingerprint density at radius 1 is 1.31 bits per heavy atom. The second-order valence-corrected chi connectivity index (χ2v) is 7.33. The number of aryl methyl sites for hydroxylation is 1. The lowest BCUT2D eigenvalue weighted by Crippen LogP contribution is -2.16. The number of benzene rings is 1. The van der Waals surface area contributed by atoms with Crippen molar-refractivity contribution >= 4 is 39.7 Å². The summed E-state index contributed by atoms with van der Waals surface area (Å²) in [6.07, 6.45) is 0.724. The highest BCUT2D eigenvalue weighted by atomic mass is 32.2. The van der Waals surface area contributed by atoms with E-state index in [0.717, 1.165) is 23.6 Å². The lowest BCUT2D eigenvalue weighted by atomic mass is 10.3. The van der Waals surface area contributed by atoms with Crippen LogP contribution in [0.3, 0.4) is 0 Å². The molecule has 0 fully saturated rings. The maximum Gasteiger partial charge on any atom is 0.275 e. The van der Waals surface area contributed by atoms with Crippen molar-refractivity contribution < 1.29 is 13.6 Å². The van der Waals surface area contributed by atoms with Gasteiger partial charge in [-0.3, -0.25) is 9.59 Å². The molecule has 26 heavy (non-hydrogen) atoms. The van der Waals surface area contributed by atoms with Crippen LogP contribution in [0.25, 0.3) is 4.96 Å². The number of halogens is 2. The smallest absolute Gasteiger partial charge is 0.275 e. The molecule has 1 aromatic carbocycles. The molecule has 0 bridgehead atoms. The lowest BCUT2D eigenvalue weighted by molar-refractivity contribution is -0.113. The van der Waals surface area contributed by atoms with Crippen LogP contribution in [0.2, 0.25) is 0 Å². The third-order valence-corrected chi connectivity index (χ3v) is 5.35. The maximum atomic E-state index is 13.1. The van der Waals surface area contributed by atoms with Crippen LogP contribution in [0.5, 0.6) is 0 Å². The predicted molar refractivity (Wildman–Crippen MR) is 97.7 cm³/mol. The molecule has 2 aromatic heterocycles. The van der Waals surface area contributed by atoms with Crippen molar-refractivity contribution in [2.24, 2.45) is 0 Å². The number of hydrogen-bond acceptors (Lipinski definition) is 6. The van der Waals surface area contributed by atoms with Gasteiger partial charge in [0.05, 0.1) is 11.4 Å². The van der Waals surface area contributed by atoms with E-state index in [9.17, 15) is 18.4 Å². The summed E-state index contributed by atoms with van der Waals surface area (Å²) in [4.78, 5) is 28.8. The molecule has 0 spiro atoms. The lowest BCUT2D eigenvalue weighted by Gasteiger charge is -2.05. The van der Waals surface area contributed by atoms with E-state index in [-0.39, 0.29) is 22.9 Å². The highest BCUT2D eigenvalue weighted by molar-refractivity contribution is 7.99. The van der Waals surface area contributed by atoms with Crippen molar-refractivity contribution in [1.29, 1.82) is 0 Å². The van der Waals surface area contributed by atoms with Crippen LogP contribution in [0.15, 0.2) is 29.1 Å². The number of carbonyl (C=O) groups excluding carboxylic acids is 1. The van der Waals surface area contributed by atoms with Crippen molar-refractivity contribution in [2.75, 3.05) is 11.1 Å². The molecule has 10 heteroatoms. The first-order valence-corrected chi connectivity index (χ1v) is 9.64. The van der Waals surface area contributed by atoms with Crippen LogP contribution in [0.4, 0.5) is 14.5 Å². The summed E-state index contributed by atoms with van der Waals surface area (Å²) >= 11 is 2.62. The Morgan fingerprint density at radius 3 is 2.85 bits per heavy atom. The summed E-state index contributed by atoms with van der Waals surface area (Å²) in [5.41, 5.74) is 0.490. The van der Waals surface area contributed by atoms with E-state index in [1.807, 2.05) is 6.92 Å². The molecule has 1 amide bonds. The number of rotatable bonds is 6. The van der Waals surface area contributed by atoms with Gasteiger partial charge in [0.1, 0.15) is 5.01 Å². The Balaban J connectivity index is 1.58. The Morgan fingerprint density at radius 2 is 2.12 bits per heavy atom. The van der Waals surface area contributed by atoms with Crippen molar-refractivity contribution in [2.45, 2.75) is 19.1 Å². The van der Waals surface area contributed by atoms with Gasteiger partial charge in [-0.05, 0) is 18.6 Å². The number of fused-ring (bicyclic) bond motifs is 1. The van der Waals surface area contributed by atoms with E-state index < -0.39 is 11.6 Å². The molecule has 6 nitrogen and oxygen atoms in total. The average Bonchev–Trinajstić information content (AvgIpc) is 3.02. The van der Waals surface area contributed by atoms with Gasteiger partial charge in [0.25, 0.3) is 5.56 Å². The molecule has 0 aliphatic carbocycles. The number of nitrogens with zero attached hydrogens (tertiary/aromatic N) is 3. The van der Waals surface area contributed by atoms with Crippen LogP contribution < -0.4 is 10.9 Å². The number of carbonyl (C=O) groups is 1. The second kappa shape index (κ2) is 7.92. The molecule has 0 radical (unpaired) electrons. The van der Waals surface area contributed by atoms with Gasteiger partial charge in [0.2, 0.25) is 10.9 Å². The molecule has 3 aromatic rings. The highest BCUT2D eigenvalue weighted by Crippen LogP contribution is 2.16. The first-order valence-electron chi connectivity index (χ1n) is 7.67. The second-order valence-electron chi connectivity index (χ2n) is 5.30. The molecule has 0 aliphatic rings. The third-order valence-electron chi connectivity index (χ3n) is 3.33. The van der Waals surface area contributed by atoms with E-state index in [1.54, 1.807) is 0 Å². The Kier molecular flexibility index (Phi) is 5.62. The summed E-state index contributed by atoms with van der Waals surface area (Å²) < 4.78 is 27.3. The fourth-order valence-corrected chi connectivity index (χ4v) is 3.71. The minimum atomic E-state index is -1.02. The molecule has 2 heterocycles. The van der Waals surface area contributed by atoms with Crippen LogP contribution in [-0.4, -0.2) is 26.3 Å². The summed E-state index contributed by atoms with van der Waals surface area (Å²) in [5.74, 6) is -1.90. The number of thioether (sulfide) groups is 1. The zero-order valence-electron chi connectivity index (χ0n) is 13.7. The minimum absolute atomic E-state index is 0.0863. The van der Waals surface area contributed by atoms with E-state index in [2.05, 4.69) is 15.4 Å². The monoisotopic (exact) mass is 396 g/mol. The quantitative estimate of drug-likeness (QED) is 0.693. The predicted octanol–water partition coefficient (Wildman–Crippen LogP) is 2.86.